The van der Waals surface area contributed by atoms with Gasteiger partial charge in [0.15, 0.2) is 12.0 Å². The molecule has 0 fully saturated rings. The highest BCUT2D eigenvalue weighted by atomic mass is 19.4. The molecule has 0 N–H and O–H groups in total. The highest BCUT2D eigenvalue weighted by Gasteiger charge is 2.40. The van der Waals surface area contributed by atoms with Crippen molar-refractivity contribution < 1.29 is 31.5 Å². The van der Waals surface area contributed by atoms with Gasteiger partial charge < -0.3 is 4.74 Å². The average Bonchev–Trinajstić information content (AvgIpc) is 2.25. The molecule has 0 saturated carbocycles. The smallest absolute Gasteiger partial charge is 0.420 e. The summed E-state index contributed by atoms with van der Waals surface area (Å²) in [6.45, 7) is 0. The van der Waals surface area contributed by atoms with E-state index in [9.17, 15) is 26.7 Å². The molecule has 17 heavy (non-hydrogen) atoms. The van der Waals surface area contributed by atoms with Crippen LogP contribution in [-0.2, 0) is 6.18 Å². The first-order valence-electron chi connectivity index (χ1n) is 4.20. The van der Waals surface area contributed by atoms with Crippen LogP contribution >= 0.6 is 0 Å². The predicted molar refractivity (Wildman–Crippen MR) is 46.1 cm³/mol. The Morgan fingerprint density at radius 1 is 1.41 bits per heavy atom. The summed E-state index contributed by atoms with van der Waals surface area (Å²) >= 11 is 0. The molecular weight excluding hydrogens is 249 g/mol. The van der Waals surface area contributed by atoms with Crippen LogP contribution in [0.3, 0.4) is 0 Å². The summed E-state index contributed by atoms with van der Waals surface area (Å²) in [6.07, 6.45) is -8.10. The molecule has 1 heterocycles. The Labute approximate surface area is 92.2 Å². The molecule has 0 aliphatic rings. The normalized spacial score (nSPS) is 11.7. The lowest BCUT2D eigenvalue weighted by atomic mass is 10.1. The van der Waals surface area contributed by atoms with Gasteiger partial charge in [-0.15, -0.1) is 0 Å². The molecular formula is C9H6F5NO2. The fourth-order valence-electron chi connectivity index (χ4n) is 1.27. The number of ether oxygens (including phenoxy) is 1. The van der Waals surface area contributed by atoms with Crippen molar-refractivity contribution in [3.05, 3.63) is 23.0 Å². The zero-order valence-electron chi connectivity index (χ0n) is 8.39. The summed E-state index contributed by atoms with van der Waals surface area (Å²) < 4.78 is 67.0. The van der Waals surface area contributed by atoms with Crippen LogP contribution in [0.25, 0.3) is 0 Å². The van der Waals surface area contributed by atoms with Gasteiger partial charge >= 0.3 is 6.18 Å². The number of hydrogen-bond acceptors (Lipinski definition) is 3. The first kappa shape index (κ1) is 13.3. The van der Waals surface area contributed by atoms with Crippen molar-refractivity contribution in [1.82, 2.24) is 4.98 Å². The van der Waals surface area contributed by atoms with Gasteiger partial charge in [-0.3, -0.25) is 4.79 Å². The van der Waals surface area contributed by atoms with Crippen LogP contribution in [-0.4, -0.2) is 18.4 Å². The number of aldehydes is 1. The molecule has 0 radical (unpaired) electrons. The minimum atomic E-state index is -5.06. The number of hydrogen-bond donors (Lipinski definition) is 0. The summed E-state index contributed by atoms with van der Waals surface area (Å²) in [5.74, 6) is -0.995. The number of carbonyl (C=O) groups is 1. The third-order valence-electron chi connectivity index (χ3n) is 1.93. The number of nitrogens with zero attached hydrogens (tertiary/aromatic N) is 1. The van der Waals surface area contributed by atoms with E-state index >= 15 is 0 Å². The molecule has 0 amide bonds. The van der Waals surface area contributed by atoms with Gasteiger partial charge in [0.2, 0.25) is 0 Å². The lowest BCUT2D eigenvalue weighted by Gasteiger charge is -2.16. The molecule has 0 aromatic carbocycles. The maximum absolute atomic E-state index is 12.6. The largest absolute Gasteiger partial charge is 0.494 e. The second-order valence-electron chi connectivity index (χ2n) is 2.92. The Kier molecular flexibility index (Phi) is 3.64. The van der Waals surface area contributed by atoms with Crippen molar-refractivity contribution in [3.63, 3.8) is 0 Å². The fraction of sp³-hybridized carbons (Fsp3) is 0.333. The molecule has 1 aromatic rings. The summed E-state index contributed by atoms with van der Waals surface area (Å²) in [5, 5.41) is 0. The minimum absolute atomic E-state index is 0.00330. The summed E-state index contributed by atoms with van der Waals surface area (Å²) in [6, 6.07) is 0. The van der Waals surface area contributed by atoms with Gasteiger partial charge in [0.25, 0.3) is 6.43 Å². The molecule has 3 nitrogen and oxygen atoms in total. The van der Waals surface area contributed by atoms with Gasteiger partial charge in [-0.25, -0.2) is 13.8 Å². The van der Waals surface area contributed by atoms with Gasteiger partial charge in [-0.05, 0) is 0 Å². The monoisotopic (exact) mass is 255 g/mol. The third-order valence-corrected chi connectivity index (χ3v) is 1.93. The van der Waals surface area contributed by atoms with E-state index in [-0.39, 0.29) is 6.29 Å². The molecule has 94 valence electrons. The van der Waals surface area contributed by atoms with E-state index in [1.807, 2.05) is 0 Å². The van der Waals surface area contributed by atoms with Gasteiger partial charge in [-0.2, -0.15) is 13.2 Å². The van der Waals surface area contributed by atoms with E-state index < -0.39 is 35.2 Å². The Morgan fingerprint density at radius 2 is 2.00 bits per heavy atom. The van der Waals surface area contributed by atoms with Crippen LogP contribution in [0.15, 0.2) is 6.20 Å². The molecule has 1 aromatic heterocycles. The van der Waals surface area contributed by atoms with E-state index in [1.165, 1.54) is 0 Å². The number of alkyl halides is 5. The van der Waals surface area contributed by atoms with Crippen LogP contribution in [0.5, 0.6) is 5.75 Å². The van der Waals surface area contributed by atoms with Crippen molar-refractivity contribution >= 4 is 6.29 Å². The van der Waals surface area contributed by atoms with Gasteiger partial charge in [0.05, 0.1) is 12.7 Å². The van der Waals surface area contributed by atoms with E-state index in [0.29, 0.717) is 6.20 Å². The molecule has 1 rings (SSSR count). The van der Waals surface area contributed by atoms with Crippen molar-refractivity contribution in [2.75, 3.05) is 7.11 Å². The number of pyridine rings is 1. The van der Waals surface area contributed by atoms with Crippen LogP contribution in [0.4, 0.5) is 22.0 Å². The average molecular weight is 255 g/mol. The maximum Gasteiger partial charge on any atom is 0.420 e. The highest BCUT2D eigenvalue weighted by Crippen LogP contribution is 2.42. The third kappa shape index (κ3) is 2.51. The topological polar surface area (TPSA) is 39.2 Å². The van der Waals surface area contributed by atoms with Gasteiger partial charge in [-0.1, -0.05) is 0 Å². The maximum atomic E-state index is 12.6. The lowest BCUT2D eigenvalue weighted by molar-refractivity contribution is -0.140. The Morgan fingerprint density at radius 3 is 2.35 bits per heavy atom. The Hall–Kier alpha value is -1.73. The first-order valence-corrected chi connectivity index (χ1v) is 4.20. The fourth-order valence-corrected chi connectivity index (χ4v) is 1.27. The van der Waals surface area contributed by atoms with Crippen LogP contribution in [0.2, 0.25) is 0 Å². The zero-order chi connectivity index (χ0) is 13.2. The molecule has 0 bridgehead atoms. The second-order valence-corrected chi connectivity index (χ2v) is 2.92. The van der Waals surface area contributed by atoms with E-state index in [2.05, 4.69) is 9.72 Å². The molecule has 0 aliphatic carbocycles. The molecule has 0 unspecified atom stereocenters. The standard InChI is InChI=1S/C9H6F5NO2/c1-17-7-5(3-16)15-2-4(8(10)11)6(7)9(12,13)14/h2-3,8H,1H3. The van der Waals surface area contributed by atoms with Gasteiger partial charge in [0, 0.05) is 6.20 Å². The van der Waals surface area contributed by atoms with E-state index in [0.717, 1.165) is 7.11 Å². The number of carbonyl (C=O) groups excluding carboxylic acids is 1. The number of rotatable bonds is 3. The Balaban J connectivity index is 3.62. The molecule has 8 heteroatoms. The predicted octanol–water partition coefficient (Wildman–Crippen LogP) is 2.86. The van der Waals surface area contributed by atoms with Crippen LogP contribution in [0.1, 0.15) is 28.0 Å². The second kappa shape index (κ2) is 4.64. The molecule has 0 aliphatic heterocycles. The SMILES string of the molecule is COc1c(C=O)ncc(C(F)F)c1C(F)(F)F. The lowest BCUT2D eigenvalue weighted by Crippen LogP contribution is -2.14. The highest BCUT2D eigenvalue weighted by molar-refractivity contribution is 5.77. The van der Waals surface area contributed by atoms with Crippen molar-refractivity contribution in [2.45, 2.75) is 12.6 Å². The minimum Gasteiger partial charge on any atom is -0.494 e. The van der Waals surface area contributed by atoms with Crippen molar-refractivity contribution in [2.24, 2.45) is 0 Å². The number of halogens is 5. The number of aromatic nitrogens is 1. The van der Waals surface area contributed by atoms with Crippen LogP contribution in [0, 0.1) is 0 Å². The van der Waals surface area contributed by atoms with Crippen LogP contribution < -0.4 is 4.74 Å². The summed E-state index contributed by atoms with van der Waals surface area (Å²) in [7, 11) is 0.842. The Bertz CT molecular complexity index is 430. The van der Waals surface area contributed by atoms with Crippen molar-refractivity contribution in [3.8, 4) is 5.75 Å². The molecule has 0 saturated heterocycles. The molecule has 0 spiro atoms. The quantitative estimate of drug-likeness (QED) is 0.615. The van der Waals surface area contributed by atoms with Gasteiger partial charge in [0.1, 0.15) is 11.3 Å². The van der Waals surface area contributed by atoms with Crippen molar-refractivity contribution in [1.29, 1.82) is 0 Å². The first-order chi connectivity index (χ1) is 7.82. The zero-order valence-corrected chi connectivity index (χ0v) is 8.39. The van der Waals surface area contributed by atoms with E-state index in [1.54, 1.807) is 0 Å². The summed E-state index contributed by atoms with van der Waals surface area (Å²) in [5.41, 5.74) is -3.67. The molecule has 0 atom stereocenters. The summed E-state index contributed by atoms with van der Waals surface area (Å²) in [4.78, 5) is 13.6. The van der Waals surface area contributed by atoms with E-state index in [4.69, 9.17) is 0 Å². The number of methoxy groups -OCH3 is 1.